The van der Waals surface area contributed by atoms with E-state index in [1.165, 1.54) is 12.8 Å². The average Bonchev–Trinajstić information content (AvgIpc) is 2.84. The molecule has 0 bridgehead atoms. The minimum absolute atomic E-state index is 0.124. The fourth-order valence-electron chi connectivity index (χ4n) is 1.48. The van der Waals surface area contributed by atoms with E-state index in [2.05, 4.69) is 12.0 Å². The van der Waals surface area contributed by atoms with Crippen LogP contribution >= 0.6 is 0 Å². The Morgan fingerprint density at radius 1 is 1.69 bits per heavy atom. The highest BCUT2D eigenvalue weighted by atomic mass is 16.1. The van der Waals surface area contributed by atoms with E-state index in [4.69, 9.17) is 0 Å². The van der Waals surface area contributed by atoms with Crippen LogP contribution in [0, 0.1) is 0 Å². The lowest BCUT2D eigenvalue weighted by Crippen LogP contribution is -2.06. The molecule has 3 nitrogen and oxygen atoms in total. The van der Waals surface area contributed by atoms with Crippen molar-refractivity contribution in [1.29, 1.82) is 0 Å². The fraction of sp³-hybridized carbons (Fsp3) is 0.600. The molecule has 0 spiro atoms. The van der Waals surface area contributed by atoms with Gasteiger partial charge in [-0.2, -0.15) is 5.10 Å². The van der Waals surface area contributed by atoms with E-state index in [9.17, 15) is 4.79 Å². The number of carbonyl (C=O) groups excluding carboxylic acids is 1. The minimum atomic E-state index is 0.124. The highest BCUT2D eigenvalue weighted by Gasteiger charge is 2.28. The molecule has 3 heteroatoms. The van der Waals surface area contributed by atoms with Gasteiger partial charge in [0.15, 0.2) is 5.78 Å². The van der Waals surface area contributed by atoms with Crippen molar-refractivity contribution in [3.05, 3.63) is 17.5 Å². The van der Waals surface area contributed by atoms with Crippen LogP contribution in [0.1, 0.15) is 48.9 Å². The molecule has 0 amide bonds. The van der Waals surface area contributed by atoms with Crippen molar-refractivity contribution in [3.8, 4) is 0 Å². The first-order valence-corrected chi connectivity index (χ1v) is 4.81. The van der Waals surface area contributed by atoms with Crippen LogP contribution in [0.2, 0.25) is 0 Å². The van der Waals surface area contributed by atoms with Crippen molar-refractivity contribution in [3.63, 3.8) is 0 Å². The van der Waals surface area contributed by atoms with Gasteiger partial charge in [-0.05, 0) is 25.3 Å². The van der Waals surface area contributed by atoms with Gasteiger partial charge in [0.05, 0.1) is 11.7 Å². The molecule has 1 aromatic heterocycles. The summed E-state index contributed by atoms with van der Waals surface area (Å²) in [5.74, 6) is 0.124. The van der Waals surface area contributed by atoms with Crippen LogP contribution in [0.4, 0.5) is 0 Å². The summed E-state index contributed by atoms with van der Waals surface area (Å²) in [6, 6.07) is 2.42. The van der Waals surface area contributed by atoms with Gasteiger partial charge in [0.25, 0.3) is 0 Å². The molecule has 1 aliphatic carbocycles. The molecule has 0 radical (unpaired) electrons. The minimum Gasteiger partial charge on any atom is -0.293 e. The number of aromatic nitrogens is 2. The first-order chi connectivity index (χ1) is 6.22. The third-order valence-electron chi connectivity index (χ3n) is 2.40. The zero-order valence-electron chi connectivity index (χ0n) is 8.08. The van der Waals surface area contributed by atoms with Gasteiger partial charge in [-0.15, -0.1) is 0 Å². The van der Waals surface area contributed by atoms with Gasteiger partial charge in [0.1, 0.15) is 5.69 Å². The fourth-order valence-corrected chi connectivity index (χ4v) is 1.48. The standard InChI is InChI=1S/C10H14N2O/c1-3-8-6-10(7(2)13)12(11-8)9-4-5-9/h6,9H,3-5H2,1-2H3. The van der Waals surface area contributed by atoms with Crippen LogP contribution < -0.4 is 0 Å². The quantitative estimate of drug-likeness (QED) is 0.663. The molecule has 0 saturated heterocycles. The second-order valence-electron chi connectivity index (χ2n) is 3.61. The lowest BCUT2D eigenvalue weighted by atomic mass is 10.2. The molecule has 1 aliphatic rings. The summed E-state index contributed by atoms with van der Waals surface area (Å²) in [6.07, 6.45) is 3.25. The molecule has 1 saturated carbocycles. The largest absolute Gasteiger partial charge is 0.293 e. The Bertz CT molecular complexity index is 337. The number of hydrogen-bond donors (Lipinski definition) is 0. The number of rotatable bonds is 3. The molecule has 2 rings (SSSR count). The third kappa shape index (κ3) is 1.50. The summed E-state index contributed by atoms with van der Waals surface area (Å²) in [5.41, 5.74) is 1.80. The summed E-state index contributed by atoms with van der Waals surface area (Å²) in [7, 11) is 0. The van der Waals surface area contributed by atoms with Crippen molar-refractivity contribution in [2.24, 2.45) is 0 Å². The van der Waals surface area contributed by atoms with Crippen molar-refractivity contribution < 1.29 is 4.79 Å². The van der Waals surface area contributed by atoms with E-state index in [1.54, 1.807) is 6.92 Å². The Morgan fingerprint density at radius 2 is 2.38 bits per heavy atom. The normalized spacial score (nSPS) is 16.2. The Morgan fingerprint density at radius 3 is 2.85 bits per heavy atom. The lowest BCUT2D eigenvalue weighted by molar-refractivity contribution is 0.100. The number of Topliss-reactive ketones (excluding diaryl/α,β-unsaturated/α-hetero) is 1. The van der Waals surface area contributed by atoms with Gasteiger partial charge in [0.2, 0.25) is 0 Å². The number of carbonyl (C=O) groups is 1. The Kier molecular flexibility index (Phi) is 1.94. The summed E-state index contributed by atoms with van der Waals surface area (Å²) < 4.78 is 1.90. The second-order valence-corrected chi connectivity index (χ2v) is 3.61. The van der Waals surface area contributed by atoms with Crippen LogP contribution in [0.15, 0.2) is 6.07 Å². The maximum absolute atomic E-state index is 11.3. The van der Waals surface area contributed by atoms with Crippen LogP contribution in [0.5, 0.6) is 0 Å². The van der Waals surface area contributed by atoms with Crippen LogP contribution in [-0.4, -0.2) is 15.6 Å². The van der Waals surface area contributed by atoms with Crippen molar-refractivity contribution >= 4 is 5.78 Å². The topological polar surface area (TPSA) is 34.9 Å². The van der Waals surface area contributed by atoms with E-state index in [0.717, 1.165) is 17.8 Å². The number of nitrogens with zero attached hydrogens (tertiary/aromatic N) is 2. The number of ketones is 1. The molecule has 0 atom stereocenters. The Hall–Kier alpha value is -1.12. The molecular weight excluding hydrogens is 164 g/mol. The Labute approximate surface area is 77.7 Å². The molecule has 1 aromatic rings. The van der Waals surface area contributed by atoms with Crippen LogP contribution in [-0.2, 0) is 6.42 Å². The summed E-state index contributed by atoms with van der Waals surface area (Å²) in [4.78, 5) is 11.3. The molecule has 0 aliphatic heterocycles. The predicted molar refractivity (Wildman–Crippen MR) is 49.9 cm³/mol. The smallest absolute Gasteiger partial charge is 0.177 e. The highest BCUT2D eigenvalue weighted by molar-refractivity contribution is 5.92. The van der Waals surface area contributed by atoms with Crippen molar-refractivity contribution in [1.82, 2.24) is 9.78 Å². The molecule has 1 heterocycles. The molecule has 13 heavy (non-hydrogen) atoms. The average molecular weight is 178 g/mol. The van der Waals surface area contributed by atoms with Crippen LogP contribution in [0.3, 0.4) is 0 Å². The van der Waals surface area contributed by atoms with Gasteiger partial charge in [-0.1, -0.05) is 6.92 Å². The monoisotopic (exact) mass is 178 g/mol. The molecule has 1 fully saturated rings. The predicted octanol–water partition coefficient (Wildman–Crippen LogP) is 1.98. The van der Waals surface area contributed by atoms with Crippen LogP contribution in [0.25, 0.3) is 0 Å². The highest BCUT2D eigenvalue weighted by Crippen LogP contribution is 2.35. The lowest BCUT2D eigenvalue weighted by Gasteiger charge is -2.00. The van der Waals surface area contributed by atoms with Gasteiger partial charge in [-0.3, -0.25) is 9.48 Å². The van der Waals surface area contributed by atoms with Gasteiger partial charge in [0, 0.05) is 6.92 Å². The SMILES string of the molecule is CCc1cc(C(C)=O)n(C2CC2)n1. The van der Waals surface area contributed by atoms with Crippen molar-refractivity contribution in [2.45, 2.75) is 39.2 Å². The van der Waals surface area contributed by atoms with Crippen molar-refractivity contribution in [2.75, 3.05) is 0 Å². The van der Waals surface area contributed by atoms with E-state index in [-0.39, 0.29) is 5.78 Å². The van der Waals surface area contributed by atoms with Gasteiger partial charge >= 0.3 is 0 Å². The summed E-state index contributed by atoms with van der Waals surface area (Å²) >= 11 is 0. The molecule has 0 aromatic carbocycles. The van der Waals surface area contributed by atoms with E-state index < -0.39 is 0 Å². The Balaban J connectivity index is 2.39. The second kappa shape index (κ2) is 2.98. The van der Waals surface area contributed by atoms with Gasteiger partial charge < -0.3 is 0 Å². The first kappa shape index (κ1) is 8.48. The third-order valence-corrected chi connectivity index (χ3v) is 2.40. The van der Waals surface area contributed by atoms with E-state index in [0.29, 0.717) is 6.04 Å². The van der Waals surface area contributed by atoms with E-state index in [1.807, 2.05) is 10.7 Å². The number of hydrogen-bond acceptors (Lipinski definition) is 2. The summed E-state index contributed by atoms with van der Waals surface area (Å²) in [6.45, 7) is 3.67. The molecule has 0 N–H and O–H groups in total. The zero-order valence-corrected chi connectivity index (χ0v) is 8.08. The molecule has 0 unspecified atom stereocenters. The molecular formula is C10H14N2O. The molecule has 70 valence electrons. The number of aryl methyl sites for hydroxylation is 1. The maximum Gasteiger partial charge on any atom is 0.177 e. The summed E-state index contributed by atoms with van der Waals surface area (Å²) in [5, 5.41) is 4.41. The first-order valence-electron chi connectivity index (χ1n) is 4.81. The zero-order chi connectivity index (χ0) is 9.42. The van der Waals surface area contributed by atoms with E-state index >= 15 is 0 Å². The van der Waals surface area contributed by atoms with Gasteiger partial charge in [-0.25, -0.2) is 0 Å². The maximum atomic E-state index is 11.3.